The van der Waals surface area contributed by atoms with Crippen molar-refractivity contribution in [2.75, 3.05) is 0 Å². The summed E-state index contributed by atoms with van der Waals surface area (Å²) in [5, 5.41) is 0.706. The number of carbonyl (C=O) groups excluding carboxylic acids is 1. The first-order valence-electron chi connectivity index (χ1n) is 6.61. The number of aromatic nitrogens is 1. The lowest BCUT2D eigenvalue weighted by molar-refractivity contribution is 0.103. The highest BCUT2D eigenvalue weighted by Gasteiger charge is 2.20. The van der Waals surface area contributed by atoms with Crippen LogP contribution in [0.2, 0.25) is 10.0 Å². The molecule has 0 saturated heterocycles. The van der Waals surface area contributed by atoms with Crippen molar-refractivity contribution in [3.8, 4) is 0 Å². The molecule has 4 heteroatoms. The van der Waals surface area contributed by atoms with Crippen molar-refractivity contribution in [2.45, 2.75) is 25.2 Å². The third kappa shape index (κ3) is 2.58. The van der Waals surface area contributed by atoms with Gasteiger partial charge in [-0.05, 0) is 30.4 Å². The topological polar surface area (TPSA) is 30.0 Å². The van der Waals surface area contributed by atoms with Crippen LogP contribution in [0.15, 0.2) is 36.5 Å². The van der Waals surface area contributed by atoms with Gasteiger partial charge in [0, 0.05) is 11.8 Å². The number of hydrogen-bond acceptors (Lipinski definition) is 2. The number of rotatable bonds is 3. The van der Waals surface area contributed by atoms with E-state index in [4.69, 9.17) is 23.2 Å². The lowest BCUT2D eigenvalue weighted by atomic mass is 9.80. The maximum atomic E-state index is 12.4. The number of carbonyl (C=O) groups is 1. The summed E-state index contributed by atoms with van der Waals surface area (Å²) in [6.07, 6.45) is 5.23. The Balaban J connectivity index is 1.86. The molecule has 1 aliphatic rings. The molecule has 0 radical (unpaired) electrons. The fourth-order valence-electron chi connectivity index (χ4n) is 2.37. The Hall–Kier alpha value is -1.38. The summed E-state index contributed by atoms with van der Waals surface area (Å²) in [6, 6.07) is 9.29. The molecule has 3 rings (SSSR count). The zero-order chi connectivity index (χ0) is 14.1. The smallest absolute Gasteiger partial charge is 0.212 e. The fourth-order valence-corrected chi connectivity index (χ4v) is 2.83. The molecule has 102 valence electrons. The molecular weight excluding hydrogens is 293 g/mol. The molecule has 1 aromatic carbocycles. The van der Waals surface area contributed by atoms with Gasteiger partial charge >= 0.3 is 0 Å². The van der Waals surface area contributed by atoms with Crippen LogP contribution < -0.4 is 0 Å². The largest absolute Gasteiger partial charge is 0.287 e. The number of halogens is 2. The van der Waals surface area contributed by atoms with Gasteiger partial charge < -0.3 is 0 Å². The molecule has 2 aromatic rings. The van der Waals surface area contributed by atoms with E-state index in [-0.39, 0.29) is 16.5 Å². The van der Waals surface area contributed by atoms with E-state index in [1.807, 2.05) is 24.3 Å². The van der Waals surface area contributed by atoms with E-state index in [9.17, 15) is 4.79 Å². The fraction of sp³-hybridized carbons (Fsp3) is 0.250. The van der Waals surface area contributed by atoms with E-state index in [1.54, 1.807) is 0 Å². The minimum absolute atomic E-state index is 0.174. The minimum Gasteiger partial charge on any atom is -0.287 e. The van der Waals surface area contributed by atoms with Crippen molar-refractivity contribution >= 4 is 29.0 Å². The van der Waals surface area contributed by atoms with E-state index in [0.29, 0.717) is 16.5 Å². The molecule has 0 amide bonds. The van der Waals surface area contributed by atoms with Gasteiger partial charge in [-0.1, -0.05) is 53.9 Å². The van der Waals surface area contributed by atoms with Crippen molar-refractivity contribution < 1.29 is 4.79 Å². The molecule has 2 nitrogen and oxygen atoms in total. The Morgan fingerprint density at radius 2 is 1.85 bits per heavy atom. The summed E-state index contributed by atoms with van der Waals surface area (Å²) in [4.78, 5) is 16.4. The summed E-state index contributed by atoms with van der Waals surface area (Å²) in [7, 11) is 0. The summed E-state index contributed by atoms with van der Waals surface area (Å²) in [5.74, 6) is 0.489. The quantitative estimate of drug-likeness (QED) is 0.756. The molecule has 1 saturated carbocycles. The van der Waals surface area contributed by atoms with Gasteiger partial charge in [-0.3, -0.25) is 4.79 Å². The Kier molecular flexibility index (Phi) is 3.77. The van der Waals surface area contributed by atoms with Crippen LogP contribution in [-0.2, 0) is 0 Å². The van der Waals surface area contributed by atoms with Gasteiger partial charge in [-0.2, -0.15) is 0 Å². The van der Waals surface area contributed by atoms with Crippen LogP contribution in [0.5, 0.6) is 0 Å². The van der Waals surface area contributed by atoms with Gasteiger partial charge in [0.15, 0.2) is 0 Å². The monoisotopic (exact) mass is 305 g/mol. The van der Waals surface area contributed by atoms with Crippen LogP contribution in [0.25, 0.3) is 0 Å². The third-order valence-electron chi connectivity index (χ3n) is 3.77. The highest BCUT2D eigenvalue weighted by Crippen LogP contribution is 2.36. The highest BCUT2D eigenvalue weighted by molar-refractivity contribution is 6.37. The zero-order valence-electron chi connectivity index (χ0n) is 10.8. The van der Waals surface area contributed by atoms with Crippen molar-refractivity contribution in [2.24, 2.45) is 0 Å². The van der Waals surface area contributed by atoms with Crippen molar-refractivity contribution in [3.05, 3.63) is 63.4 Å². The van der Waals surface area contributed by atoms with Crippen LogP contribution >= 0.6 is 23.2 Å². The first-order valence-corrected chi connectivity index (χ1v) is 7.36. The Labute approximate surface area is 127 Å². The van der Waals surface area contributed by atoms with Crippen molar-refractivity contribution in [1.82, 2.24) is 4.98 Å². The third-order valence-corrected chi connectivity index (χ3v) is 4.27. The maximum Gasteiger partial charge on any atom is 0.212 e. The number of pyridine rings is 1. The van der Waals surface area contributed by atoms with Gasteiger partial charge in [-0.25, -0.2) is 4.98 Å². The highest BCUT2D eigenvalue weighted by atomic mass is 35.5. The average Bonchev–Trinajstić information content (AvgIpc) is 2.37. The minimum atomic E-state index is -0.174. The molecule has 1 fully saturated rings. The first kappa shape index (κ1) is 13.6. The lowest BCUT2D eigenvalue weighted by Gasteiger charge is -2.25. The summed E-state index contributed by atoms with van der Waals surface area (Å²) >= 11 is 11.8. The molecule has 0 bridgehead atoms. The second-order valence-electron chi connectivity index (χ2n) is 5.06. The maximum absolute atomic E-state index is 12.4. The van der Waals surface area contributed by atoms with Gasteiger partial charge in [-0.15, -0.1) is 0 Å². The first-order chi connectivity index (χ1) is 9.65. The molecular formula is C16H13Cl2NO. The number of nitrogens with zero attached hydrogens (tertiary/aromatic N) is 1. The zero-order valence-corrected chi connectivity index (χ0v) is 12.3. The van der Waals surface area contributed by atoms with Crippen LogP contribution in [0.4, 0.5) is 0 Å². The summed E-state index contributed by atoms with van der Waals surface area (Å²) in [6.45, 7) is 0. The second-order valence-corrected chi connectivity index (χ2v) is 5.91. The van der Waals surface area contributed by atoms with Crippen LogP contribution in [0, 0.1) is 0 Å². The van der Waals surface area contributed by atoms with E-state index in [1.165, 1.54) is 37.1 Å². The van der Waals surface area contributed by atoms with Gasteiger partial charge in [0.05, 0.1) is 10.0 Å². The number of hydrogen-bond donors (Lipinski definition) is 0. The van der Waals surface area contributed by atoms with Crippen molar-refractivity contribution in [3.63, 3.8) is 0 Å². The summed E-state index contributed by atoms with van der Waals surface area (Å²) < 4.78 is 0. The molecule has 1 aliphatic carbocycles. The standard InChI is InChI=1S/C16H13Cl2NO/c17-13-8-14(18)15(19-9-13)16(20)12-6-4-11(5-7-12)10-2-1-3-10/h4-10H,1-3H2. The Morgan fingerprint density at radius 3 is 2.40 bits per heavy atom. The molecule has 0 unspecified atom stereocenters. The van der Waals surface area contributed by atoms with Gasteiger partial charge in [0.2, 0.25) is 5.78 Å². The van der Waals surface area contributed by atoms with E-state index in [2.05, 4.69) is 4.98 Å². The molecule has 1 heterocycles. The molecule has 20 heavy (non-hydrogen) atoms. The molecule has 0 atom stereocenters. The SMILES string of the molecule is O=C(c1ccc(C2CCC2)cc1)c1ncc(Cl)cc1Cl. The van der Waals surface area contributed by atoms with Crippen molar-refractivity contribution in [1.29, 1.82) is 0 Å². The average molecular weight is 306 g/mol. The normalized spacial score (nSPS) is 14.9. The van der Waals surface area contributed by atoms with Gasteiger partial charge in [0.1, 0.15) is 5.69 Å². The predicted molar refractivity (Wildman–Crippen MR) is 80.7 cm³/mol. The summed E-state index contributed by atoms with van der Waals surface area (Å²) in [5.41, 5.74) is 2.15. The Bertz CT molecular complexity index is 648. The van der Waals surface area contributed by atoms with E-state index in [0.717, 1.165) is 0 Å². The molecule has 0 N–H and O–H groups in total. The van der Waals surface area contributed by atoms with Gasteiger partial charge in [0.25, 0.3) is 0 Å². The Morgan fingerprint density at radius 1 is 1.15 bits per heavy atom. The van der Waals surface area contributed by atoms with E-state index >= 15 is 0 Å². The number of ketones is 1. The molecule has 0 spiro atoms. The van der Waals surface area contributed by atoms with Crippen LogP contribution in [0.1, 0.15) is 46.8 Å². The lowest BCUT2D eigenvalue weighted by Crippen LogP contribution is -2.09. The van der Waals surface area contributed by atoms with E-state index < -0.39 is 0 Å². The molecule has 0 aliphatic heterocycles. The second kappa shape index (κ2) is 5.55. The predicted octanol–water partition coefficient (Wildman–Crippen LogP) is 4.89. The molecule has 1 aromatic heterocycles. The number of benzene rings is 1. The van der Waals surface area contributed by atoms with Crippen LogP contribution in [-0.4, -0.2) is 10.8 Å². The van der Waals surface area contributed by atoms with Crippen LogP contribution in [0.3, 0.4) is 0 Å².